The number of piperidine rings is 1. The van der Waals surface area contributed by atoms with Gasteiger partial charge in [-0.2, -0.15) is 5.10 Å². The number of fused-ring (bicyclic) bond motifs is 1. The van der Waals surface area contributed by atoms with Gasteiger partial charge < -0.3 is 10.2 Å². The average Bonchev–Trinajstić information content (AvgIpc) is 3.12. The predicted molar refractivity (Wildman–Crippen MR) is 102 cm³/mol. The molecule has 0 unspecified atom stereocenters. The van der Waals surface area contributed by atoms with Crippen LogP contribution in [0.3, 0.4) is 0 Å². The Labute approximate surface area is 165 Å². The Morgan fingerprint density at radius 1 is 1.28 bits per heavy atom. The molecule has 1 aromatic carbocycles. The Bertz CT molecular complexity index is 1100. The number of likely N-dealkylation sites (tertiary alicyclic amines) is 1. The van der Waals surface area contributed by atoms with Crippen LogP contribution in [0.4, 0.5) is 14.5 Å². The summed E-state index contributed by atoms with van der Waals surface area (Å²) in [6.45, 7) is 1.49. The zero-order valence-electron chi connectivity index (χ0n) is 15.7. The molecule has 0 bridgehead atoms. The van der Waals surface area contributed by atoms with Crippen LogP contribution >= 0.6 is 0 Å². The zero-order chi connectivity index (χ0) is 20.6. The molecular weight excluding hydrogens is 380 g/mol. The Balaban J connectivity index is 1.57. The quantitative estimate of drug-likeness (QED) is 0.734. The first-order valence-electron chi connectivity index (χ1n) is 9.21. The summed E-state index contributed by atoms with van der Waals surface area (Å²) in [5, 5.41) is 6.85. The largest absolute Gasteiger partial charge is 0.333 e. The number of aryl methyl sites for hydroxylation is 1. The molecule has 2 aromatic heterocycles. The fourth-order valence-corrected chi connectivity index (χ4v) is 3.39. The van der Waals surface area contributed by atoms with Crippen molar-refractivity contribution in [3.8, 4) is 0 Å². The minimum Gasteiger partial charge on any atom is -0.333 e. The summed E-state index contributed by atoms with van der Waals surface area (Å²) in [6, 6.07) is 6.47. The molecule has 9 heteroatoms. The molecule has 1 aliphatic heterocycles. The van der Waals surface area contributed by atoms with Gasteiger partial charge in [0.05, 0.1) is 12.7 Å². The van der Waals surface area contributed by atoms with E-state index in [1.807, 2.05) is 0 Å². The van der Waals surface area contributed by atoms with Gasteiger partial charge in [-0.05, 0) is 37.1 Å². The fourth-order valence-electron chi connectivity index (χ4n) is 3.39. The standard InChI is InChI=1S/C20H19F2N5O2/c1-13-4-5-14(19(29)26-8-2-6-20(21,22)12-26)10-16(13)25-18(28)15-11-24-27-9-3-7-23-17(15)27/h3-5,7,9-11H,2,6,8,12H2,1H3,(H,25,28). The van der Waals surface area contributed by atoms with Crippen LogP contribution in [-0.2, 0) is 0 Å². The number of amides is 2. The predicted octanol–water partition coefficient (Wildman–Crippen LogP) is 3.16. The van der Waals surface area contributed by atoms with Gasteiger partial charge in [0.2, 0.25) is 0 Å². The molecular formula is C20H19F2N5O2. The summed E-state index contributed by atoms with van der Waals surface area (Å²) in [5.74, 6) is -3.76. The smallest absolute Gasteiger partial charge is 0.265 e. The van der Waals surface area contributed by atoms with E-state index in [0.717, 1.165) is 10.5 Å². The van der Waals surface area contributed by atoms with Gasteiger partial charge in [-0.15, -0.1) is 0 Å². The Kier molecular flexibility index (Phi) is 4.73. The maximum Gasteiger partial charge on any atom is 0.265 e. The minimum atomic E-state index is -2.87. The molecule has 0 atom stereocenters. The SMILES string of the molecule is Cc1ccc(C(=O)N2CCCC(F)(F)C2)cc1NC(=O)c1cnn2cccnc12. The van der Waals surface area contributed by atoms with Crippen molar-refractivity contribution in [3.63, 3.8) is 0 Å². The van der Waals surface area contributed by atoms with Crippen LogP contribution in [0, 0.1) is 6.92 Å². The van der Waals surface area contributed by atoms with E-state index in [-0.39, 0.29) is 30.5 Å². The topological polar surface area (TPSA) is 79.6 Å². The molecule has 2 amide bonds. The first kappa shape index (κ1) is 19.0. The van der Waals surface area contributed by atoms with Crippen LogP contribution in [-0.4, -0.2) is 50.3 Å². The van der Waals surface area contributed by atoms with E-state index in [1.165, 1.54) is 16.8 Å². The van der Waals surface area contributed by atoms with Crippen molar-refractivity contribution in [3.05, 3.63) is 59.5 Å². The van der Waals surface area contributed by atoms with Crippen LogP contribution in [0.25, 0.3) is 5.65 Å². The summed E-state index contributed by atoms with van der Waals surface area (Å²) in [7, 11) is 0. The van der Waals surface area contributed by atoms with E-state index < -0.39 is 24.3 Å². The van der Waals surface area contributed by atoms with Gasteiger partial charge in [0.15, 0.2) is 5.65 Å². The number of rotatable bonds is 3. The lowest BCUT2D eigenvalue weighted by molar-refractivity contribution is -0.0560. The van der Waals surface area contributed by atoms with Gasteiger partial charge in [-0.3, -0.25) is 9.59 Å². The van der Waals surface area contributed by atoms with Crippen LogP contribution in [0.1, 0.15) is 39.1 Å². The lowest BCUT2D eigenvalue weighted by Gasteiger charge is -2.32. The van der Waals surface area contributed by atoms with E-state index in [9.17, 15) is 18.4 Å². The van der Waals surface area contributed by atoms with Crippen molar-refractivity contribution in [1.29, 1.82) is 0 Å². The summed E-state index contributed by atoms with van der Waals surface area (Å²) in [5.41, 5.74) is 2.12. The molecule has 1 fully saturated rings. The van der Waals surface area contributed by atoms with Gasteiger partial charge in [-0.25, -0.2) is 18.3 Å². The third-order valence-corrected chi connectivity index (χ3v) is 4.94. The number of carbonyl (C=O) groups is 2. The summed E-state index contributed by atoms with van der Waals surface area (Å²) >= 11 is 0. The van der Waals surface area contributed by atoms with Crippen LogP contribution in [0.5, 0.6) is 0 Å². The molecule has 0 radical (unpaired) electrons. The molecule has 29 heavy (non-hydrogen) atoms. The number of aromatic nitrogens is 3. The van der Waals surface area contributed by atoms with Crippen LogP contribution in [0.15, 0.2) is 42.9 Å². The first-order chi connectivity index (χ1) is 13.8. The number of hydrogen-bond donors (Lipinski definition) is 1. The Hall–Kier alpha value is -3.36. The number of carbonyl (C=O) groups excluding carboxylic acids is 2. The van der Waals surface area contributed by atoms with Crippen molar-refractivity contribution >= 4 is 23.1 Å². The minimum absolute atomic E-state index is 0.209. The average molecular weight is 399 g/mol. The van der Waals surface area contributed by atoms with Gasteiger partial charge in [0.1, 0.15) is 5.56 Å². The highest BCUT2D eigenvalue weighted by molar-refractivity contribution is 6.09. The molecule has 0 spiro atoms. The number of halogens is 2. The molecule has 1 N–H and O–H groups in total. The molecule has 0 aliphatic carbocycles. The van der Waals surface area contributed by atoms with E-state index in [2.05, 4.69) is 15.4 Å². The number of anilines is 1. The summed E-state index contributed by atoms with van der Waals surface area (Å²) in [6.07, 6.45) is 4.71. The van der Waals surface area contributed by atoms with Crippen molar-refractivity contribution < 1.29 is 18.4 Å². The van der Waals surface area contributed by atoms with Crippen LogP contribution in [0.2, 0.25) is 0 Å². The number of nitrogens with one attached hydrogen (secondary N) is 1. The maximum atomic E-state index is 13.7. The third-order valence-electron chi connectivity index (χ3n) is 4.94. The highest BCUT2D eigenvalue weighted by Gasteiger charge is 2.37. The second-order valence-electron chi connectivity index (χ2n) is 7.12. The zero-order valence-corrected chi connectivity index (χ0v) is 15.7. The molecule has 3 aromatic rings. The molecule has 1 saturated heterocycles. The van der Waals surface area contributed by atoms with Gasteiger partial charge in [0, 0.05) is 36.6 Å². The van der Waals surface area contributed by atoms with Crippen molar-refractivity contribution in [2.75, 3.05) is 18.4 Å². The lowest BCUT2D eigenvalue weighted by Crippen LogP contribution is -2.45. The molecule has 7 nitrogen and oxygen atoms in total. The van der Waals surface area contributed by atoms with E-state index >= 15 is 0 Å². The molecule has 3 heterocycles. The number of hydrogen-bond acceptors (Lipinski definition) is 4. The second-order valence-corrected chi connectivity index (χ2v) is 7.12. The number of alkyl halides is 2. The van der Waals surface area contributed by atoms with Crippen molar-refractivity contribution in [1.82, 2.24) is 19.5 Å². The maximum absolute atomic E-state index is 13.7. The Morgan fingerprint density at radius 3 is 2.90 bits per heavy atom. The molecule has 4 rings (SSSR count). The number of nitrogens with zero attached hydrogens (tertiary/aromatic N) is 4. The fraction of sp³-hybridized carbons (Fsp3) is 0.300. The van der Waals surface area contributed by atoms with Gasteiger partial charge >= 0.3 is 0 Å². The summed E-state index contributed by atoms with van der Waals surface area (Å²) in [4.78, 5) is 30.7. The number of benzene rings is 1. The monoisotopic (exact) mass is 399 g/mol. The molecule has 0 saturated carbocycles. The van der Waals surface area contributed by atoms with Crippen molar-refractivity contribution in [2.45, 2.75) is 25.7 Å². The Morgan fingerprint density at radius 2 is 2.10 bits per heavy atom. The normalized spacial score (nSPS) is 16.0. The molecule has 1 aliphatic rings. The lowest BCUT2D eigenvalue weighted by atomic mass is 10.0. The highest BCUT2D eigenvalue weighted by Crippen LogP contribution is 2.28. The second kappa shape index (κ2) is 7.23. The van der Waals surface area contributed by atoms with Crippen LogP contribution < -0.4 is 5.32 Å². The molecule has 150 valence electrons. The van der Waals surface area contributed by atoms with E-state index in [4.69, 9.17) is 0 Å². The highest BCUT2D eigenvalue weighted by atomic mass is 19.3. The first-order valence-corrected chi connectivity index (χ1v) is 9.21. The van der Waals surface area contributed by atoms with Gasteiger partial charge in [0.25, 0.3) is 17.7 Å². The third kappa shape index (κ3) is 3.80. The van der Waals surface area contributed by atoms with Gasteiger partial charge in [-0.1, -0.05) is 6.07 Å². The van der Waals surface area contributed by atoms with E-state index in [1.54, 1.807) is 37.5 Å². The summed E-state index contributed by atoms with van der Waals surface area (Å²) < 4.78 is 28.8. The van der Waals surface area contributed by atoms with Crippen molar-refractivity contribution in [2.24, 2.45) is 0 Å². The van der Waals surface area contributed by atoms with E-state index in [0.29, 0.717) is 11.3 Å².